The average molecular weight is 458 g/mol. The lowest BCUT2D eigenvalue weighted by Gasteiger charge is -2.35. The fourth-order valence-electron chi connectivity index (χ4n) is 3.13. The summed E-state index contributed by atoms with van der Waals surface area (Å²) in [4.78, 5) is 45.3. The van der Waals surface area contributed by atoms with Crippen LogP contribution in [0.4, 0.5) is 15.8 Å². The molecule has 10 heteroatoms. The monoisotopic (exact) mass is 457 g/mol. The molecule has 0 saturated carbocycles. The molecule has 0 fully saturated rings. The molecular weight excluding hydrogens is 437 g/mol. The van der Waals surface area contributed by atoms with Crippen LogP contribution in [0.1, 0.15) is 52.1 Å². The number of hydrogen-bond acceptors (Lipinski definition) is 4. The van der Waals surface area contributed by atoms with E-state index in [1.807, 2.05) is 20.8 Å². The maximum Gasteiger partial charge on any atom is 0.279 e. The number of halogens is 2. The van der Waals surface area contributed by atoms with Crippen molar-refractivity contribution in [3.05, 3.63) is 76.6 Å². The number of carbonyl (C=O) groups excluding carboxylic acids is 3. The highest BCUT2D eigenvalue weighted by Crippen LogP contribution is 2.28. The Kier molecular flexibility index (Phi) is 6.31. The van der Waals surface area contributed by atoms with E-state index in [9.17, 15) is 18.8 Å². The standard InChI is InChI=1S/C22H21ClFN5O3/c1-22(2,3)29(21(32)18-17(19(25)30)26-11-27-18)14-7-5-13(6-8-14)28-20(31)15-9-4-12(24)10-16(15)23/h4-11H,1-3H3,(H2,25,30)(H,26,27)(H,28,31). The second-order valence-electron chi connectivity index (χ2n) is 7.93. The lowest BCUT2D eigenvalue weighted by molar-refractivity contribution is 0.0940. The van der Waals surface area contributed by atoms with Gasteiger partial charge in [-0.05, 0) is 63.2 Å². The van der Waals surface area contributed by atoms with Gasteiger partial charge >= 0.3 is 0 Å². The van der Waals surface area contributed by atoms with Crippen LogP contribution in [-0.2, 0) is 0 Å². The number of nitrogens with zero attached hydrogens (tertiary/aromatic N) is 2. The van der Waals surface area contributed by atoms with E-state index in [2.05, 4.69) is 15.3 Å². The number of benzene rings is 2. The molecule has 3 aromatic rings. The van der Waals surface area contributed by atoms with E-state index in [0.29, 0.717) is 11.4 Å². The fourth-order valence-corrected chi connectivity index (χ4v) is 3.38. The molecule has 32 heavy (non-hydrogen) atoms. The molecular formula is C22H21ClFN5O3. The number of anilines is 2. The summed E-state index contributed by atoms with van der Waals surface area (Å²) < 4.78 is 13.2. The van der Waals surface area contributed by atoms with E-state index < -0.39 is 29.1 Å². The largest absolute Gasteiger partial charge is 0.364 e. The Morgan fingerprint density at radius 2 is 1.78 bits per heavy atom. The molecule has 0 saturated heterocycles. The Morgan fingerprint density at radius 1 is 1.12 bits per heavy atom. The number of nitrogens with two attached hydrogens (primary N) is 1. The van der Waals surface area contributed by atoms with Crippen LogP contribution >= 0.6 is 11.6 Å². The zero-order chi connectivity index (χ0) is 23.6. The smallest absolute Gasteiger partial charge is 0.279 e. The highest BCUT2D eigenvalue weighted by molar-refractivity contribution is 6.34. The minimum atomic E-state index is -0.794. The van der Waals surface area contributed by atoms with Gasteiger partial charge in [0.25, 0.3) is 17.7 Å². The van der Waals surface area contributed by atoms with Crippen molar-refractivity contribution in [3.63, 3.8) is 0 Å². The van der Waals surface area contributed by atoms with Crippen molar-refractivity contribution in [3.8, 4) is 0 Å². The van der Waals surface area contributed by atoms with E-state index in [-0.39, 0.29) is 22.0 Å². The van der Waals surface area contributed by atoms with Crippen LogP contribution in [0.2, 0.25) is 5.02 Å². The third kappa shape index (κ3) is 4.78. The number of hydrogen-bond donors (Lipinski definition) is 3. The van der Waals surface area contributed by atoms with Crippen LogP contribution in [0.15, 0.2) is 48.8 Å². The molecule has 0 unspecified atom stereocenters. The Labute approximate surface area is 188 Å². The number of aromatic amines is 1. The lowest BCUT2D eigenvalue weighted by Crippen LogP contribution is -2.46. The summed E-state index contributed by atoms with van der Waals surface area (Å²) in [6.07, 6.45) is 1.23. The minimum Gasteiger partial charge on any atom is -0.364 e. The van der Waals surface area contributed by atoms with Gasteiger partial charge in [-0.3, -0.25) is 14.4 Å². The summed E-state index contributed by atoms with van der Waals surface area (Å²) in [5, 5.41) is 2.67. The predicted octanol–water partition coefficient (Wildman–Crippen LogP) is 4.00. The average Bonchev–Trinajstić information content (AvgIpc) is 3.18. The van der Waals surface area contributed by atoms with Gasteiger partial charge in [-0.2, -0.15) is 0 Å². The van der Waals surface area contributed by atoms with Crippen molar-refractivity contribution in [1.82, 2.24) is 9.97 Å². The second-order valence-corrected chi connectivity index (χ2v) is 8.33. The summed E-state index contributed by atoms with van der Waals surface area (Å²) in [6.45, 7) is 5.48. The van der Waals surface area contributed by atoms with Crippen LogP contribution in [0.5, 0.6) is 0 Å². The zero-order valence-electron chi connectivity index (χ0n) is 17.6. The van der Waals surface area contributed by atoms with Gasteiger partial charge in [0, 0.05) is 16.9 Å². The molecule has 0 aliphatic rings. The fraction of sp³-hybridized carbons (Fsp3) is 0.182. The van der Waals surface area contributed by atoms with Crippen LogP contribution < -0.4 is 16.0 Å². The van der Waals surface area contributed by atoms with Crippen LogP contribution in [0.3, 0.4) is 0 Å². The number of rotatable bonds is 5. The molecule has 8 nitrogen and oxygen atoms in total. The maximum atomic E-state index is 13.2. The first-order chi connectivity index (χ1) is 15.0. The van der Waals surface area contributed by atoms with Gasteiger partial charge in [0.15, 0.2) is 5.69 Å². The summed E-state index contributed by atoms with van der Waals surface area (Å²) in [7, 11) is 0. The maximum absolute atomic E-state index is 13.2. The Bertz CT molecular complexity index is 1190. The number of aromatic nitrogens is 2. The summed E-state index contributed by atoms with van der Waals surface area (Å²) in [6, 6.07) is 9.99. The van der Waals surface area contributed by atoms with E-state index in [4.69, 9.17) is 17.3 Å². The first-order valence-corrected chi connectivity index (χ1v) is 9.91. The third-order valence-corrected chi connectivity index (χ3v) is 4.83. The lowest BCUT2D eigenvalue weighted by atomic mass is 10.0. The van der Waals surface area contributed by atoms with Crippen molar-refractivity contribution in [2.45, 2.75) is 26.3 Å². The molecule has 166 valence electrons. The SMILES string of the molecule is CC(C)(C)N(C(=O)c1nc[nH]c1C(N)=O)c1ccc(NC(=O)c2ccc(F)cc2Cl)cc1. The number of imidazole rings is 1. The van der Waals surface area contributed by atoms with Crippen molar-refractivity contribution in [2.75, 3.05) is 10.2 Å². The number of H-pyrrole nitrogens is 1. The van der Waals surface area contributed by atoms with Gasteiger partial charge in [0.2, 0.25) is 0 Å². The third-order valence-electron chi connectivity index (χ3n) is 4.52. The van der Waals surface area contributed by atoms with Gasteiger partial charge in [-0.1, -0.05) is 11.6 Å². The van der Waals surface area contributed by atoms with Gasteiger partial charge in [-0.15, -0.1) is 0 Å². The molecule has 2 aromatic carbocycles. The molecule has 0 atom stereocenters. The topological polar surface area (TPSA) is 121 Å². The first-order valence-electron chi connectivity index (χ1n) is 9.53. The van der Waals surface area contributed by atoms with E-state index >= 15 is 0 Å². The minimum absolute atomic E-state index is 0.00659. The van der Waals surface area contributed by atoms with E-state index in [1.165, 1.54) is 17.3 Å². The molecule has 1 heterocycles. The summed E-state index contributed by atoms with van der Waals surface area (Å²) in [5.41, 5.74) is 5.57. The van der Waals surface area contributed by atoms with Gasteiger partial charge < -0.3 is 20.9 Å². The quantitative estimate of drug-likeness (QED) is 0.536. The molecule has 3 amide bonds. The normalized spacial score (nSPS) is 11.2. The number of nitrogens with one attached hydrogen (secondary N) is 2. The second kappa shape index (κ2) is 8.80. The molecule has 4 N–H and O–H groups in total. The van der Waals surface area contributed by atoms with Crippen LogP contribution in [-0.4, -0.2) is 33.2 Å². The van der Waals surface area contributed by atoms with Gasteiger partial charge in [0.05, 0.1) is 16.9 Å². The van der Waals surface area contributed by atoms with Crippen LogP contribution in [0, 0.1) is 5.82 Å². The molecule has 1 aromatic heterocycles. The summed E-state index contributed by atoms with van der Waals surface area (Å²) >= 11 is 5.94. The summed E-state index contributed by atoms with van der Waals surface area (Å²) in [5.74, 6) is -2.35. The first kappa shape index (κ1) is 23.0. The van der Waals surface area contributed by atoms with Crippen LogP contribution in [0.25, 0.3) is 0 Å². The number of carbonyl (C=O) groups is 3. The van der Waals surface area contributed by atoms with E-state index in [0.717, 1.165) is 12.1 Å². The molecule has 0 spiro atoms. The van der Waals surface area contributed by atoms with Crippen molar-refractivity contribution < 1.29 is 18.8 Å². The molecule has 0 radical (unpaired) electrons. The Balaban J connectivity index is 1.87. The Morgan fingerprint density at radius 3 is 2.34 bits per heavy atom. The highest BCUT2D eigenvalue weighted by Gasteiger charge is 2.32. The Hall–Kier alpha value is -3.72. The molecule has 0 bridgehead atoms. The molecule has 0 aliphatic carbocycles. The van der Waals surface area contributed by atoms with Crippen molar-refractivity contribution in [1.29, 1.82) is 0 Å². The highest BCUT2D eigenvalue weighted by atomic mass is 35.5. The number of primary amides is 1. The predicted molar refractivity (Wildman–Crippen MR) is 119 cm³/mol. The van der Waals surface area contributed by atoms with Gasteiger partial charge in [0.1, 0.15) is 11.5 Å². The van der Waals surface area contributed by atoms with Crippen molar-refractivity contribution >= 4 is 40.7 Å². The molecule has 0 aliphatic heterocycles. The van der Waals surface area contributed by atoms with E-state index in [1.54, 1.807) is 24.3 Å². The number of amides is 3. The van der Waals surface area contributed by atoms with Gasteiger partial charge in [-0.25, -0.2) is 9.37 Å². The molecule has 3 rings (SSSR count). The van der Waals surface area contributed by atoms with Crippen molar-refractivity contribution in [2.24, 2.45) is 5.73 Å². The zero-order valence-corrected chi connectivity index (χ0v) is 18.3.